The van der Waals surface area contributed by atoms with Crippen molar-refractivity contribution in [2.24, 2.45) is 7.05 Å². The van der Waals surface area contributed by atoms with Crippen LogP contribution in [0.25, 0.3) is 0 Å². The van der Waals surface area contributed by atoms with Gasteiger partial charge in [0.1, 0.15) is 0 Å². The summed E-state index contributed by atoms with van der Waals surface area (Å²) in [4.78, 5) is 14.4. The fourth-order valence-electron chi connectivity index (χ4n) is 3.33. The number of hydrogen-bond acceptors (Lipinski definition) is 2. The third kappa shape index (κ3) is 4.04. The summed E-state index contributed by atoms with van der Waals surface area (Å²) in [5.74, 6) is -0.305. The Labute approximate surface area is 144 Å². The average Bonchev–Trinajstić information content (AvgIpc) is 3.15. The minimum atomic E-state index is -4.42. The van der Waals surface area contributed by atoms with Crippen molar-refractivity contribution in [1.82, 2.24) is 9.47 Å². The molecule has 1 saturated heterocycles. The Morgan fingerprint density at radius 2 is 2.08 bits per heavy atom. The van der Waals surface area contributed by atoms with E-state index < -0.39 is 11.7 Å². The number of aryl methyl sites for hydroxylation is 1. The predicted molar refractivity (Wildman–Crippen MR) is 89.0 cm³/mol. The first-order valence-electron chi connectivity index (χ1n) is 8.17. The van der Waals surface area contributed by atoms with Crippen molar-refractivity contribution in [2.45, 2.75) is 25.1 Å². The van der Waals surface area contributed by atoms with Crippen LogP contribution in [0.15, 0.2) is 42.6 Å². The summed E-state index contributed by atoms with van der Waals surface area (Å²) in [6.07, 6.45) is -0.497. The molecule has 0 radical (unpaired) electrons. The Hall–Kier alpha value is -2.28. The van der Waals surface area contributed by atoms with E-state index in [2.05, 4.69) is 10.2 Å². The van der Waals surface area contributed by atoms with Gasteiger partial charge in [-0.15, -0.1) is 0 Å². The van der Waals surface area contributed by atoms with Gasteiger partial charge in [0.05, 0.1) is 18.2 Å². The summed E-state index contributed by atoms with van der Waals surface area (Å²) >= 11 is 0. The zero-order valence-corrected chi connectivity index (χ0v) is 13.9. The highest BCUT2D eigenvalue weighted by atomic mass is 19.4. The number of nitrogens with one attached hydrogen (secondary N) is 1. The van der Waals surface area contributed by atoms with Crippen LogP contribution in [-0.2, 0) is 18.0 Å². The minimum Gasteiger partial charge on any atom is -0.353 e. The molecule has 1 N–H and O–H groups in total. The van der Waals surface area contributed by atoms with Crippen LogP contribution in [0.3, 0.4) is 0 Å². The first-order chi connectivity index (χ1) is 11.8. The second-order valence-corrected chi connectivity index (χ2v) is 6.30. The van der Waals surface area contributed by atoms with Crippen LogP contribution in [0.1, 0.15) is 30.1 Å². The smallest absolute Gasteiger partial charge is 0.353 e. The molecule has 1 aromatic carbocycles. The summed E-state index contributed by atoms with van der Waals surface area (Å²) in [6.45, 7) is 0.956. The van der Waals surface area contributed by atoms with Gasteiger partial charge < -0.3 is 9.88 Å². The summed E-state index contributed by atoms with van der Waals surface area (Å²) in [5.41, 5.74) is 0.534. The zero-order valence-electron chi connectivity index (χ0n) is 13.9. The van der Waals surface area contributed by atoms with E-state index in [0.29, 0.717) is 0 Å². The third-order valence-corrected chi connectivity index (χ3v) is 4.51. The number of amides is 1. The molecule has 1 aromatic heterocycles. The lowest BCUT2D eigenvalue weighted by Crippen LogP contribution is -2.33. The molecule has 4 nitrogen and oxygen atoms in total. The molecule has 0 aliphatic carbocycles. The number of aromatic nitrogens is 1. The molecule has 1 amide bonds. The number of alkyl halides is 3. The summed E-state index contributed by atoms with van der Waals surface area (Å²) in [5, 5.41) is 2.57. The van der Waals surface area contributed by atoms with Gasteiger partial charge in [-0.05, 0) is 49.7 Å². The summed E-state index contributed by atoms with van der Waals surface area (Å²) in [6, 6.07) is 8.86. The highest BCUT2D eigenvalue weighted by Crippen LogP contribution is 2.32. The second-order valence-electron chi connectivity index (χ2n) is 6.30. The SMILES string of the molecule is Cn1cccc1[C@@H]1CCCN1CC(=O)Nc1cccc(C(F)(F)F)c1. The molecule has 0 saturated carbocycles. The van der Waals surface area contributed by atoms with E-state index in [-0.39, 0.29) is 24.2 Å². The van der Waals surface area contributed by atoms with Crippen molar-refractivity contribution in [3.05, 3.63) is 53.9 Å². The Balaban J connectivity index is 1.66. The van der Waals surface area contributed by atoms with Gasteiger partial charge in [0.25, 0.3) is 0 Å². The molecule has 1 atom stereocenters. The van der Waals surface area contributed by atoms with Crippen molar-refractivity contribution < 1.29 is 18.0 Å². The maximum absolute atomic E-state index is 12.8. The van der Waals surface area contributed by atoms with E-state index >= 15 is 0 Å². The monoisotopic (exact) mass is 351 g/mol. The number of rotatable bonds is 4. The molecule has 1 aliphatic heterocycles. The van der Waals surface area contributed by atoms with Gasteiger partial charge >= 0.3 is 6.18 Å². The van der Waals surface area contributed by atoms with Crippen LogP contribution in [0.5, 0.6) is 0 Å². The molecule has 1 aliphatic rings. The first-order valence-corrected chi connectivity index (χ1v) is 8.17. The van der Waals surface area contributed by atoms with Crippen molar-refractivity contribution in [3.63, 3.8) is 0 Å². The van der Waals surface area contributed by atoms with Gasteiger partial charge in [0, 0.05) is 24.6 Å². The number of nitrogens with zero attached hydrogens (tertiary/aromatic N) is 2. The zero-order chi connectivity index (χ0) is 18.0. The molecule has 2 heterocycles. The minimum absolute atomic E-state index is 0.159. The second kappa shape index (κ2) is 6.92. The van der Waals surface area contributed by atoms with Crippen LogP contribution in [0, 0.1) is 0 Å². The lowest BCUT2D eigenvalue weighted by atomic mass is 10.1. The fourth-order valence-corrected chi connectivity index (χ4v) is 3.33. The van der Waals surface area contributed by atoms with Crippen LogP contribution < -0.4 is 5.32 Å². The van der Waals surface area contributed by atoms with Gasteiger partial charge in [0.15, 0.2) is 0 Å². The van der Waals surface area contributed by atoms with Gasteiger partial charge in [-0.1, -0.05) is 6.07 Å². The van der Waals surface area contributed by atoms with Gasteiger partial charge in [-0.25, -0.2) is 0 Å². The average molecular weight is 351 g/mol. The molecule has 2 aromatic rings. The lowest BCUT2D eigenvalue weighted by molar-refractivity contribution is -0.137. The molecule has 1 fully saturated rings. The number of halogens is 3. The Morgan fingerprint density at radius 3 is 2.76 bits per heavy atom. The van der Waals surface area contributed by atoms with Crippen molar-refractivity contribution in [3.8, 4) is 0 Å². The highest BCUT2D eigenvalue weighted by Gasteiger charge is 2.31. The van der Waals surface area contributed by atoms with Crippen molar-refractivity contribution in [1.29, 1.82) is 0 Å². The molecular formula is C18H20F3N3O. The quantitative estimate of drug-likeness (QED) is 0.909. The number of hydrogen-bond donors (Lipinski definition) is 1. The van der Waals surface area contributed by atoms with E-state index in [1.54, 1.807) is 0 Å². The third-order valence-electron chi connectivity index (χ3n) is 4.51. The number of likely N-dealkylation sites (tertiary alicyclic amines) is 1. The van der Waals surface area contributed by atoms with Crippen LogP contribution in [0.4, 0.5) is 18.9 Å². The molecule has 25 heavy (non-hydrogen) atoms. The number of benzene rings is 1. The van der Waals surface area contributed by atoms with Crippen LogP contribution in [0.2, 0.25) is 0 Å². The maximum Gasteiger partial charge on any atom is 0.416 e. The molecule has 3 rings (SSSR count). The number of carbonyl (C=O) groups is 1. The predicted octanol–water partition coefficient (Wildman–Crippen LogP) is 3.82. The molecular weight excluding hydrogens is 331 g/mol. The molecule has 0 spiro atoms. The van der Waals surface area contributed by atoms with E-state index in [0.717, 1.165) is 37.2 Å². The number of anilines is 1. The van der Waals surface area contributed by atoms with Crippen molar-refractivity contribution in [2.75, 3.05) is 18.4 Å². The lowest BCUT2D eigenvalue weighted by Gasteiger charge is -2.24. The largest absolute Gasteiger partial charge is 0.416 e. The van der Waals surface area contributed by atoms with E-state index in [4.69, 9.17) is 0 Å². The molecule has 0 bridgehead atoms. The van der Waals surface area contributed by atoms with Crippen LogP contribution in [-0.4, -0.2) is 28.5 Å². The Kier molecular flexibility index (Phi) is 4.85. The normalized spacial score (nSPS) is 18.5. The van der Waals surface area contributed by atoms with E-state index in [1.807, 2.05) is 29.9 Å². The topological polar surface area (TPSA) is 37.3 Å². The maximum atomic E-state index is 12.8. The Bertz CT molecular complexity index is 754. The first kappa shape index (κ1) is 17.5. The van der Waals surface area contributed by atoms with Crippen molar-refractivity contribution >= 4 is 11.6 Å². The molecule has 134 valence electrons. The van der Waals surface area contributed by atoms with E-state index in [9.17, 15) is 18.0 Å². The van der Waals surface area contributed by atoms with Gasteiger partial charge in [-0.3, -0.25) is 9.69 Å². The highest BCUT2D eigenvalue weighted by molar-refractivity contribution is 5.92. The van der Waals surface area contributed by atoms with Crippen LogP contribution >= 0.6 is 0 Å². The summed E-state index contributed by atoms with van der Waals surface area (Å²) in [7, 11) is 1.97. The fraction of sp³-hybridized carbons (Fsp3) is 0.389. The van der Waals surface area contributed by atoms with Gasteiger partial charge in [0.2, 0.25) is 5.91 Å². The van der Waals surface area contributed by atoms with Gasteiger partial charge in [-0.2, -0.15) is 13.2 Å². The standard InChI is InChI=1S/C18H20F3N3O/c1-23-9-3-7-15(23)16-8-4-10-24(16)12-17(25)22-14-6-2-5-13(11-14)18(19,20)21/h2-3,5-7,9,11,16H,4,8,10,12H2,1H3,(H,22,25)/t16-/m0/s1. The van der Waals surface area contributed by atoms with E-state index in [1.165, 1.54) is 12.1 Å². The number of carbonyl (C=O) groups excluding carboxylic acids is 1. The molecule has 7 heteroatoms. The Morgan fingerprint density at radius 1 is 1.28 bits per heavy atom. The summed E-state index contributed by atoms with van der Waals surface area (Å²) < 4.78 is 40.3. The molecule has 0 unspecified atom stereocenters.